The lowest BCUT2D eigenvalue weighted by Crippen LogP contribution is -2.22. The molecule has 1 aliphatic rings. The molecule has 1 aromatic carbocycles. The second-order valence-electron chi connectivity index (χ2n) is 4.19. The Morgan fingerprint density at radius 3 is 2.69 bits per heavy atom. The van der Waals surface area contributed by atoms with Crippen LogP contribution >= 0.6 is 22.6 Å². The third-order valence-corrected chi connectivity index (χ3v) is 3.66. The number of halogens is 1. The molecule has 1 heterocycles. The molecule has 0 aromatic heterocycles. The molecule has 0 bridgehead atoms. The van der Waals surface area contributed by atoms with Crippen LogP contribution in [-0.2, 0) is 11.3 Å². The topological polar surface area (TPSA) is 40.5 Å². The van der Waals surface area contributed by atoms with E-state index in [1.54, 1.807) is 0 Å². The van der Waals surface area contributed by atoms with Crippen LogP contribution < -0.4 is 0 Å². The normalized spacial score (nSPS) is 21.2. The van der Waals surface area contributed by atoms with Crippen LogP contribution in [0.4, 0.5) is 0 Å². The number of nitrogens with zero attached hydrogens (tertiary/aromatic N) is 1. The summed E-state index contributed by atoms with van der Waals surface area (Å²) in [4.78, 5) is 13.0. The minimum Gasteiger partial charge on any atom is -0.481 e. The summed E-state index contributed by atoms with van der Waals surface area (Å²) >= 11 is 2.28. The van der Waals surface area contributed by atoms with Crippen molar-refractivity contribution in [3.8, 4) is 0 Å². The maximum absolute atomic E-state index is 10.8. The average molecular weight is 331 g/mol. The summed E-state index contributed by atoms with van der Waals surface area (Å²) in [5.41, 5.74) is 1.26. The summed E-state index contributed by atoms with van der Waals surface area (Å²) in [6.07, 6.45) is 0.777. The average Bonchev–Trinajstić information content (AvgIpc) is 2.70. The van der Waals surface area contributed by atoms with Gasteiger partial charge in [0, 0.05) is 16.7 Å². The molecule has 0 amide bonds. The van der Waals surface area contributed by atoms with Crippen molar-refractivity contribution in [1.29, 1.82) is 0 Å². The zero-order valence-electron chi connectivity index (χ0n) is 8.90. The Bertz CT molecular complexity index is 377. The van der Waals surface area contributed by atoms with Gasteiger partial charge in [-0.3, -0.25) is 9.69 Å². The Kier molecular flexibility index (Phi) is 3.81. The maximum Gasteiger partial charge on any atom is 0.307 e. The van der Waals surface area contributed by atoms with Crippen molar-refractivity contribution < 1.29 is 9.90 Å². The lowest BCUT2D eigenvalue weighted by molar-refractivity contribution is -0.141. The van der Waals surface area contributed by atoms with E-state index < -0.39 is 5.97 Å². The highest BCUT2D eigenvalue weighted by Crippen LogP contribution is 2.19. The molecule has 1 atom stereocenters. The molecule has 86 valence electrons. The van der Waals surface area contributed by atoms with Crippen LogP contribution in [0.5, 0.6) is 0 Å². The van der Waals surface area contributed by atoms with Gasteiger partial charge < -0.3 is 5.11 Å². The number of carbonyl (C=O) groups is 1. The highest BCUT2D eigenvalue weighted by molar-refractivity contribution is 14.1. The van der Waals surface area contributed by atoms with E-state index >= 15 is 0 Å². The summed E-state index contributed by atoms with van der Waals surface area (Å²) in [6, 6.07) is 8.38. The lowest BCUT2D eigenvalue weighted by atomic mass is 10.1. The van der Waals surface area contributed by atoms with Crippen LogP contribution in [0.25, 0.3) is 0 Å². The van der Waals surface area contributed by atoms with Crippen molar-refractivity contribution in [3.05, 3.63) is 33.4 Å². The predicted molar refractivity (Wildman–Crippen MR) is 70.2 cm³/mol. The van der Waals surface area contributed by atoms with Crippen molar-refractivity contribution in [3.63, 3.8) is 0 Å². The largest absolute Gasteiger partial charge is 0.481 e. The first-order valence-corrected chi connectivity index (χ1v) is 6.42. The first-order valence-electron chi connectivity index (χ1n) is 5.35. The number of hydrogen-bond acceptors (Lipinski definition) is 2. The van der Waals surface area contributed by atoms with Crippen LogP contribution in [0.3, 0.4) is 0 Å². The van der Waals surface area contributed by atoms with E-state index in [4.69, 9.17) is 5.11 Å². The van der Waals surface area contributed by atoms with Crippen molar-refractivity contribution in [1.82, 2.24) is 4.90 Å². The third-order valence-electron chi connectivity index (χ3n) is 2.94. The predicted octanol–water partition coefficient (Wildman–Crippen LogP) is 2.20. The molecule has 0 spiro atoms. The van der Waals surface area contributed by atoms with Crippen molar-refractivity contribution in [2.75, 3.05) is 13.1 Å². The third kappa shape index (κ3) is 2.95. The van der Waals surface area contributed by atoms with E-state index in [1.807, 2.05) is 0 Å². The Balaban J connectivity index is 1.92. The van der Waals surface area contributed by atoms with Crippen molar-refractivity contribution in [2.24, 2.45) is 5.92 Å². The smallest absolute Gasteiger partial charge is 0.307 e. The number of carboxylic acids is 1. The molecule has 1 fully saturated rings. The van der Waals surface area contributed by atoms with Crippen LogP contribution in [0.2, 0.25) is 0 Å². The molecule has 1 aromatic rings. The zero-order valence-corrected chi connectivity index (χ0v) is 11.1. The van der Waals surface area contributed by atoms with Gasteiger partial charge in [0.15, 0.2) is 0 Å². The van der Waals surface area contributed by atoms with Gasteiger partial charge in [-0.25, -0.2) is 0 Å². The molecule has 1 unspecified atom stereocenters. The second kappa shape index (κ2) is 5.14. The minimum atomic E-state index is -0.662. The van der Waals surface area contributed by atoms with Gasteiger partial charge in [0.05, 0.1) is 5.92 Å². The van der Waals surface area contributed by atoms with Crippen molar-refractivity contribution >= 4 is 28.6 Å². The second-order valence-corrected chi connectivity index (χ2v) is 5.43. The maximum atomic E-state index is 10.8. The quantitative estimate of drug-likeness (QED) is 0.864. The van der Waals surface area contributed by atoms with Crippen LogP contribution in [0.15, 0.2) is 24.3 Å². The fraction of sp³-hybridized carbons (Fsp3) is 0.417. The molecule has 1 aliphatic heterocycles. The molecule has 1 saturated heterocycles. The van der Waals surface area contributed by atoms with Gasteiger partial charge in [-0.15, -0.1) is 0 Å². The molecule has 4 heteroatoms. The van der Waals surface area contributed by atoms with E-state index in [1.165, 1.54) is 9.13 Å². The zero-order chi connectivity index (χ0) is 11.5. The number of hydrogen-bond donors (Lipinski definition) is 1. The molecule has 0 aliphatic carbocycles. The standard InChI is InChI=1S/C12H14INO2/c13-11-3-1-9(2-4-11)7-14-6-5-10(8-14)12(15)16/h1-4,10H,5-8H2,(H,15,16). The van der Waals surface area contributed by atoms with Gasteiger partial charge in [0.2, 0.25) is 0 Å². The molecule has 16 heavy (non-hydrogen) atoms. The van der Waals surface area contributed by atoms with Gasteiger partial charge in [0.1, 0.15) is 0 Å². The molecule has 0 radical (unpaired) electrons. The van der Waals surface area contributed by atoms with E-state index in [9.17, 15) is 4.79 Å². The summed E-state index contributed by atoms with van der Waals surface area (Å²) in [7, 11) is 0. The molecule has 2 rings (SSSR count). The molecular weight excluding hydrogens is 317 g/mol. The minimum absolute atomic E-state index is 0.177. The molecule has 0 saturated carbocycles. The Labute approximate surface area is 109 Å². The van der Waals surface area contributed by atoms with E-state index in [0.717, 1.165) is 19.5 Å². The Morgan fingerprint density at radius 2 is 2.12 bits per heavy atom. The van der Waals surface area contributed by atoms with Crippen LogP contribution in [0.1, 0.15) is 12.0 Å². The summed E-state index contributed by atoms with van der Waals surface area (Å²) in [5, 5.41) is 8.91. The Morgan fingerprint density at radius 1 is 1.44 bits per heavy atom. The molecule has 1 N–H and O–H groups in total. The fourth-order valence-corrected chi connectivity index (χ4v) is 2.39. The summed E-state index contributed by atoms with van der Waals surface area (Å²) < 4.78 is 1.23. The van der Waals surface area contributed by atoms with E-state index in [0.29, 0.717) is 6.54 Å². The highest BCUT2D eigenvalue weighted by Gasteiger charge is 2.27. The SMILES string of the molecule is O=C(O)C1CCN(Cc2ccc(I)cc2)C1. The first kappa shape index (κ1) is 11.9. The summed E-state index contributed by atoms with van der Waals surface area (Å²) in [6.45, 7) is 2.44. The number of likely N-dealkylation sites (tertiary alicyclic amines) is 1. The number of rotatable bonds is 3. The van der Waals surface area contributed by atoms with E-state index in [2.05, 4.69) is 51.8 Å². The number of benzene rings is 1. The summed E-state index contributed by atoms with van der Waals surface area (Å²) in [5.74, 6) is -0.839. The first-order chi connectivity index (χ1) is 7.65. The number of aliphatic carboxylic acids is 1. The van der Waals surface area contributed by atoms with Gasteiger partial charge in [-0.1, -0.05) is 12.1 Å². The van der Waals surface area contributed by atoms with Crippen molar-refractivity contribution in [2.45, 2.75) is 13.0 Å². The van der Waals surface area contributed by atoms with Gasteiger partial charge in [-0.2, -0.15) is 0 Å². The number of carboxylic acid groups (broad SMARTS) is 1. The van der Waals surface area contributed by atoms with Crippen LogP contribution in [-0.4, -0.2) is 29.1 Å². The fourth-order valence-electron chi connectivity index (χ4n) is 2.03. The van der Waals surface area contributed by atoms with Gasteiger partial charge in [0.25, 0.3) is 0 Å². The lowest BCUT2D eigenvalue weighted by Gasteiger charge is -2.15. The van der Waals surface area contributed by atoms with Gasteiger partial charge in [-0.05, 0) is 53.3 Å². The molecular formula is C12H14INO2. The van der Waals surface area contributed by atoms with Gasteiger partial charge >= 0.3 is 5.97 Å². The Hall–Kier alpha value is -0.620. The monoisotopic (exact) mass is 331 g/mol. The highest BCUT2D eigenvalue weighted by atomic mass is 127. The van der Waals surface area contributed by atoms with Crippen LogP contribution in [0, 0.1) is 9.49 Å². The van der Waals surface area contributed by atoms with E-state index in [-0.39, 0.29) is 5.92 Å². The molecule has 3 nitrogen and oxygen atoms in total.